The molecule has 1 saturated heterocycles. The van der Waals surface area contributed by atoms with Crippen LogP contribution in [0.25, 0.3) is 0 Å². The van der Waals surface area contributed by atoms with Crippen LogP contribution < -0.4 is 0 Å². The van der Waals surface area contributed by atoms with Crippen molar-refractivity contribution in [2.75, 3.05) is 13.1 Å². The summed E-state index contributed by atoms with van der Waals surface area (Å²) in [6.07, 6.45) is 1.49. The van der Waals surface area contributed by atoms with Crippen LogP contribution in [0.5, 0.6) is 5.75 Å². The Bertz CT molecular complexity index is 469. The van der Waals surface area contributed by atoms with Gasteiger partial charge in [0.25, 0.3) is 5.91 Å². The number of hydrogen-bond donors (Lipinski definition) is 2. The van der Waals surface area contributed by atoms with Crippen molar-refractivity contribution in [1.29, 1.82) is 0 Å². The van der Waals surface area contributed by atoms with E-state index in [2.05, 4.69) is 0 Å². The number of phenols is 1. The predicted molar refractivity (Wildman–Crippen MR) is 63.8 cm³/mol. The Kier molecular flexibility index (Phi) is 3.26. The van der Waals surface area contributed by atoms with Crippen LogP contribution in [0.3, 0.4) is 0 Å². The van der Waals surface area contributed by atoms with E-state index in [9.17, 15) is 19.4 Å². The first-order valence-corrected chi connectivity index (χ1v) is 5.95. The van der Waals surface area contributed by atoms with Gasteiger partial charge in [-0.05, 0) is 18.6 Å². The van der Waals surface area contributed by atoms with Crippen LogP contribution >= 0.6 is 0 Å². The number of aromatic hydroxyl groups is 1. The molecule has 2 rings (SSSR count). The van der Waals surface area contributed by atoms with Crippen molar-refractivity contribution in [2.45, 2.75) is 25.4 Å². The van der Waals surface area contributed by atoms with E-state index in [0.29, 0.717) is 6.42 Å². The molecule has 1 aliphatic heterocycles. The molecule has 1 heterocycles. The fourth-order valence-electron chi connectivity index (χ4n) is 2.29. The highest BCUT2D eigenvalue weighted by Gasteiger charge is 2.43. The molecule has 4 nitrogen and oxygen atoms in total. The molecule has 0 radical (unpaired) electrons. The lowest BCUT2D eigenvalue weighted by Gasteiger charge is -2.46. The number of phenolic OH excluding ortho intramolecular Hbond substituents is 1. The average Bonchev–Trinajstić information content (AvgIpc) is 2.25. The van der Waals surface area contributed by atoms with Crippen LogP contribution in [0, 0.1) is 5.82 Å². The third-order valence-corrected chi connectivity index (χ3v) is 3.16. The van der Waals surface area contributed by atoms with E-state index in [0.717, 1.165) is 18.6 Å². The summed E-state index contributed by atoms with van der Waals surface area (Å²) in [5.74, 6) is -1.34. The Hall–Kier alpha value is -1.62. The van der Waals surface area contributed by atoms with Gasteiger partial charge in [-0.3, -0.25) is 4.79 Å². The minimum Gasteiger partial charge on any atom is -0.507 e. The van der Waals surface area contributed by atoms with E-state index in [4.69, 9.17) is 0 Å². The molecule has 0 aliphatic carbocycles. The van der Waals surface area contributed by atoms with Crippen LogP contribution in [-0.4, -0.2) is 39.7 Å². The van der Waals surface area contributed by atoms with E-state index in [-0.39, 0.29) is 30.3 Å². The molecular formula is C13H16FNO3. The summed E-state index contributed by atoms with van der Waals surface area (Å²) in [7, 11) is 0. The van der Waals surface area contributed by atoms with E-state index < -0.39 is 11.4 Å². The number of rotatable bonds is 3. The lowest BCUT2D eigenvalue weighted by molar-refractivity contribution is -0.0860. The highest BCUT2D eigenvalue weighted by Crippen LogP contribution is 2.29. The lowest BCUT2D eigenvalue weighted by atomic mass is 9.88. The molecule has 98 valence electrons. The SMILES string of the molecule is CCCC1(O)CN(C(=O)c2ccc(F)cc2O)C1. The molecule has 0 atom stereocenters. The number of β-amino-alcohol motifs (C(OH)–C–C–N with tert-alkyl or cyclic N) is 1. The molecule has 1 aromatic rings. The zero-order valence-electron chi connectivity index (χ0n) is 10.2. The highest BCUT2D eigenvalue weighted by molar-refractivity contribution is 5.97. The Balaban J connectivity index is 2.06. The smallest absolute Gasteiger partial charge is 0.257 e. The molecule has 1 fully saturated rings. The van der Waals surface area contributed by atoms with Gasteiger partial charge in [0.2, 0.25) is 0 Å². The number of nitrogens with zero attached hydrogens (tertiary/aromatic N) is 1. The summed E-state index contributed by atoms with van der Waals surface area (Å²) in [6, 6.07) is 3.29. The molecular weight excluding hydrogens is 237 g/mol. The maximum Gasteiger partial charge on any atom is 0.257 e. The maximum absolute atomic E-state index is 12.8. The van der Waals surface area contributed by atoms with E-state index in [1.165, 1.54) is 11.0 Å². The van der Waals surface area contributed by atoms with Crippen molar-refractivity contribution in [3.05, 3.63) is 29.6 Å². The molecule has 0 bridgehead atoms. The normalized spacial score (nSPS) is 17.4. The summed E-state index contributed by atoms with van der Waals surface area (Å²) in [6.45, 7) is 2.49. The standard InChI is InChI=1S/C13H16FNO3/c1-2-5-13(18)7-15(8-13)12(17)10-4-3-9(14)6-11(10)16/h3-4,6,16,18H,2,5,7-8H2,1H3. The molecule has 0 spiro atoms. The Morgan fingerprint density at radius 1 is 1.50 bits per heavy atom. The van der Waals surface area contributed by atoms with Crippen LogP contribution in [0.1, 0.15) is 30.1 Å². The van der Waals surface area contributed by atoms with Gasteiger partial charge in [0, 0.05) is 6.07 Å². The van der Waals surface area contributed by atoms with E-state index in [1.54, 1.807) is 0 Å². The number of aliphatic hydroxyl groups is 1. The summed E-state index contributed by atoms with van der Waals surface area (Å²) in [4.78, 5) is 13.4. The molecule has 18 heavy (non-hydrogen) atoms. The van der Waals surface area contributed by atoms with Crippen molar-refractivity contribution < 1.29 is 19.4 Å². The predicted octanol–water partition coefficient (Wildman–Crippen LogP) is 1.52. The number of halogens is 1. The fourth-order valence-corrected chi connectivity index (χ4v) is 2.29. The third-order valence-electron chi connectivity index (χ3n) is 3.16. The average molecular weight is 253 g/mol. The summed E-state index contributed by atoms with van der Waals surface area (Å²) in [5.41, 5.74) is -0.741. The zero-order chi connectivity index (χ0) is 13.3. The molecule has 0 aromatic heterocycles. The van der Waals surface area contributed by atoms with Gasteiger partial charge in [-0.1, -0.05) is 13.3 Å². The largest absolute Gasteiger partial charge is 0.507 e. The van der Waals surface area contributed by atoms with Crippen molar-refractivity contribution in [3.63, 3.8) is 0 Å². The first-order chi connectivity index (χ1) is 8.45. The molecule has 1 amide bonds. The van der Waals surface area contributed by atoms with Gasteiger partial charge in [-0.15, -0.1) is 0 Å². The first kappa shape index (κ1) is 12.8. The van der Waals surface area contributed by atoms with Gasteiger partial charge >= 0.3 is 0 Å². The zero-order valence-corrected chi connectivity index (χ0v) is 10.2. The van der Waals surface area contributed by atoms with Crippen molar-refractivity contribution in [2.24, 2.45) is 0 Å². The molecule has 1 aromatic carbocycles. The molecule has 0 saturated carbocycles. The van der Waals surface area contributed by atoms with Crippen LogP contribution in [-0.2, 0) is 0 Å². The van der Waals surface area contributed by atoms with Gasteiger partial charge < -0.3 is 15.1 Å². The minimum atomic E-state index is -0.805. The molecule has 2 N–H and O–H groups in total. The van der Waals surface area contributed by atoms with Gasteiger partial charge in [0.15, 0.2) is 0 Å². The van der Waals surface area contributed by atoms with E-state index in [1.807, 2.05) is 6.92 Å². The molecule has 0 unspecified atom stereocenters. The quantitative estimate of drug-likeness (QED) is 0.858. The number of benzene rings is 1. The van der Waals surface area contributed by atoms with Crippen molar-refractivity contribution in [3.8, 4) is 5.75 Å². The maximum atomic E-state index is 12.8. The Labute approximate surface area is 105 Å². The molecule has 5 heteroatoms. The van der Waals surface area contributed by atoms with Crippen LogP contribution in [0.4, 0.5) is 4.39 Å². The minimum absolute atomic E-state index is 0.0648. The monoisotopic (exact) mass is 253 g/mol. The third kappa shape index (κ3) is 2.31. The second-order valence-corrected chi connectivity index (χ2v) is 4.80. The Morgan fingerprint density at radius 3 is 2.72 bits per heavy atom. The second kappa shape index (κ2) is 4.57. The summed E-state index contributed by atoms with van der Waals surface area (Å²) < 4.78 is 12.8. The number of carbonyl (C=O) groups is 1. The van der Waals surface area contributed by atoms with Gasteiger partial charge in [0.1, 0.15) is 11.6 Å². The number of carbonyl (C=O) groups excluding carboxylic acids is 1. The lowest BCUT2D eigenvalue weighted by Crippen LogP contribution is -2.63. The van der Waals surface area contributed by atoms with Crippen LogP contribution in [0.2, 0.25) is 0 Å². The molecule has 1 aliphatic rings. The number of hydrogen-bond acceptors (Lipinski definition) is 3. The fraction of sp³-hybridized carbons (Fsp3) is 0.462. The highest BCUT2D eigenvalue weighted by atomic mass is 19.1. The van der Waals surface area contributed by atoms with Crippen molar-refractivity contribution in [1.82, 2.24) is 4.90 Å². The van der Waals surface area contributed by atoms with Gasteiger partial charge in [0.05, 0.1) is 24.3 Å². The second-order valence-electron chi connectivity index (χ2n) is 4.80. The Morgan fingerprint density at radius 2 is 2.17 bits per heavy atom. The summed E-state index contributed by atoms with van der Waals surface area (Å²) in [5, 5.41) is 19.5. The number of likely N-dealkylation sites (tertiary alicyclic amines) is 1. The first-order valence-electron chi connectivity index (χ1n) is 5.95. The van der Waals surface area contributed by atoms with Gasteiger partial charge in [-0.25, -0.2) is 4.39 Å². The van der Waals surface area contributed by atoms with E-state index >= 15 is 0 Å². The van der Waals surface area contributed by atoms with Gasteiger partial charge in [-0.2, -0.15) is 0 Å². The topological polar surface area (TPSA) is 60.8 Å². The van der Waals surface area contributed by atoms with Crippen molar-refractivity contribution >= 4 is 5.91 Å². The summed E-state index contributed by atoms with van der Waals surface area (Å²) >= 11 is 0. The number of amides is 1. The van der Waals surface area contributed by atoms with Crippen LogP contribution in [0.15, 0.2) is 18.2 Å².